The number of amides is 2. The lowest BCUT2D eigenvalue weighted by molar-refractivity contribution is -0.119. The van der Waals surface area contributed by atoms with Crippen molar-refractivity contribution < 1.29 is 18.0 Å². The van der Waals surface area contributed by atoms with Gasteiger partial charge in [0.25, 0.3) is 0 Å². The summed E-state index contributed by atoms with van der Waals surface area (Å²) in [6.45, 7) is 2.53. The van der Waals surface area contributed by atoms with Gasteiger partial charge in [0.1, 0.15) is 0 Å². The number of carbonyl (C=O) groups excluding carboxylic acids is 2. The van der Waals surface area contributed by atoms with E-state index in [0.717, 1.165) is 29.7 Å². The Labute approximate surface area is 176 Å². The van der Waals surface area contributed by atoms with E-state index in [-0.39, 0.29) is 35.6 Å². The number of carbonyl (C=O) groups is 2. The Morgan fingerprint density at radius 2 is 1.93 bits per heavy atom. The van der Waals surface area contributed by atoms with Gasteiger partial charge < -0.3 is 10.2 Å². The van der Waals surface area contributed by atoms with Gasteiger partial charge in [-0.1, -0.05) is 12.1 Å². The third-order valence-corrected chi connectivity index (χ3v) is 6.85. The molecule has 4 rings (SSSR count). The highest BCUT2D eigenvalue weighted by molar-refractivity contribution is 7.89. The number of anilines is 2. The molecule has 7 nitrogen and oxygen atoms in total. The minimum Gasteiger partial charge on any atom is -0.326 e. The van der Waals surface area contributed by atoms with Crippen molar-refractivity contribution in [3.05, 3.63) is 53.6 Å². The Balaban J connectivity index is 1.35. The monoisotopic (exact) mass is 427 g/mol. The van der Waals surface area contributed by atoms with Crippen molar-refractivity contribution in [2.45, 2.75) is 37.5 Å². The molecule has 1 aliphatic heterocycles. The van der Waals surface area contributed by atoms with Crippen molar-refractivity contribution >= 4 is 33.2 Å². The topological polar surface area (TPSA) is 95.6 Å². The summed E-state index contributed by atoms with van der Waals surface area (Å²) in [6.07, 6.45) is 2.56. The predicted octanol–water partition coefficient (Wildman–Crippen LogP) is 2.60. The molecule has 1 heterocycles. The first kappa shape index (κ1) is 20.6. The molecule has 0 aromatic heterocycles. The Kier molecular flexibility index (Phi) is 5.62. The quantitative estimate of drug-likeness (QED) is 0.710. The average molecular weight is 428 g/mol. The molecule has 0 unspecified atom stereocenters. The van der Waals surface area contributed by atoms with E-state index < -0.39 is 10.0 Å². The van der Waals surface area contributed by atoms with Crippen LogP contribution < -0.4 is 14.9 Å². The van der Waals surface area contributed by atoms with Gasteiger partial charge in [0.05, 0.1) is 4.90 Å². The molecule has 2 amide bonds. The number of nitrogens with zero attached hydrogens (tertiary/aromatic N) is 1. The van der Waals surface area contributed by atoms with Crippen molar-refractivity contribution in [1.29, 1.82) is 0 Å². The maximum absolute atomic E-state index is 12.6. The first-order valence-corrected chi connectivity index (χ1v) is 11.6. The molecule has 2 aromatic rings. The van der Waals surface area contributed by atoms with Crippen LogP contribution in [0.5, 0.6) is 0 Å². The van der Waals surface area contributed by atoms with E-state index in [1.807, 2.05) is 25.1 Å². The summed E-state index contributed by atoms with van der Waals surface area (Å²) in [5.74, 6) is 0.0144. The number of hydrogen-bond donors (Lipinski definition) is 2. The molecule has 158 valence electrons. The third-order valence-electron chi connectivity index (χ3n) is 5.40. The predicted molar refractivity (Wildman–Crippen MR) is 115 cm³/mol. The molecule has 1 aliphatic carbocycles. The SMILES string of the molecule is Cc1cccc(NC(=O)CCNS(=O)(=O)c2ccc3c(c2)CCN3C(=O)C2CC2)c1. The molecule has 0 saturated heterocycles. The van der Waals surface area contributed by atoms with Crippen molar-refractivity contribution in [2.24, 2.45) is 5.92 Å². The van der Waals surface area contributed by atoms with Crippen LogP contribution >= 0.6 is 0 Å². The molecule has 1 saturated carbocycles. The Bertz CT molecular complexity index is 1090. The summed E-state index contributed by atoms with van der Waals surface area (Å²) in [7, 11) is -3.73. The van der Waals surface area contributed by atoms with Gasteiger partial charge in [0, 0.05) is 36.8 Å². The van der Waals surface area contributed by atoms with Gasteiger partial charge in [-0.05, 0) is 67.6 Å². The Morgan fingerprint density at radius 1 is 1.13 bits per heavy atom. The maximum atomic E-state index is 12.6. The number of nitrogens with one attached hydrogen (secondary N) is 2. The van der Waals surface area contributed by atoms with Crippen molar-refractivity contribution in [2.75, 3.05) is 23.3 Å². The van der Waals surface area contributed by atoms with Crippen LogP contribution in [-0.2, 0) is 26.0 Å². The molecule has 0 spiro atoms. The van der Waals surface area contributed by atoms with Gasteiger partial charge in [-0.15, -0.1) is 0 Å². The number of benzene rings is 2. The fraction of sp³-hybridized carbons (Fsp3) is 0.364. The van der Waals surface area contributed by atoms with Gasteiger partial charge in [-0.3, -0.25) is 9.59 Å². The normalized spacial score (nSPS) is 15.7. The lowest BCUT2D eigenvalue weighted by Crippen LogP contribution is -2.30. The van der Waals surface area contributed by atoms with E-state index >= 15 is 0 Å². The lowest BCUT2D eigenvalue weighted by atomic mass is 10.2. The van der Waals surface area contributed by atoms with Crippen LogP contribution in [0.4, 0.5) is 11.4 Å². The highest BCUT2D eigenvalue weighted by atomic mass is 32.2. The fourth-order valence-electron chi connectivity index (χ4n) is 3.65. The Morgan fingerprint density at radius 3 is 2.67 bits per heavy atom. The minimum absolute atomic E-state index is 0.00333. The number of aryl methyl sites for hydroxylation is 1. The molecule has 0 bridgehead atoms. The van der Waals surface area contributed by atoms with Crippen LogP contribution in [0.25, 0.3) is 0 Å². The highest BCUT2D eigenvalue weighted by Crippen LogP contribution is 2.37. The highest BCUT2D eigenvalue weighted by Gasteiger charge is 2.36. The van der Waals surface area contributed by atoms with E-state index in [1.54, 1.807) is 23.1 Å². The molecule has 8 heteroatoms. The van der Waals surface area contributed by atoms with Gasteiger partial charge in [-0.25, -0.2) is 13.1 Å². The summed E-state index contributed by atoms with van der Waals surface area (Å²) in [4.78, 5) is 26.4. The second-order valence-electron chi connectivity index (χ2n) is 7.87. The second-order valence-corrected chi connectivity index (χ2v) is 9.64. The molecule has 0 atom stereocenters. The molecular weight excluding hydrogens is 402 g/mol. The number of hydrogen-bond acceptors (Lipinski definition) is 4. The smallest absolute Gasteiger partial charge is 0.240 e. The third kappa shape index (κ3) is 4.55. The molecule has 2 N–H and O–H groups in total. The zero-order valence-electron chi connectivity index (χ0n) is 16.8. The second kappa shape index (κ2) is 8.20. The Hall–Kier alpha value is -2.71. The van der Waals surface area contributed by atoms with Crippen LogP contribution in [0.15, 0.2) is 47.4 Å². The number of fused-ring (bicyclic) bond motifs is 1. The van der Waals surface area contributed by atoms with Crippen molar-refractivity contribution in [3.63, 3.8) is 0 Å². The van der Waals surface area contributed by atoms with Crippen LogP contribution in [0.3, 0.4) is 0 Å². The lowest BCUT2D eigenvalue weighted by Gasteiger charge is -2.17. The fourth-order valence-corrected chi connectivity index (χ4v) is 4.74. The van der Waals surface area contributed by atoms with E-state index in [9.17, 15) is 18.0 Å². The van der Waals surface area contributed by atoms with Crippen LogP contribution in [-0.4, -0.2) is 33.3 Å². The summed E-state index contributed by atoms with van der Waals surface area (Å²) >= 11 is 0. The van der Waals surface area contributed by atoms with E-state index in [0.29, 0.717) is 18.7 Å². The van der Waals surface area contributed by atoms with Crippen LogP contribution in [0.2, 0.25) is 0 Å². The van der Waals surface area contributed by atoms with Gasteiger partial charge in [0.15, 0.2) is 0 Å². The minimum atomic E-state index is -3.73. The van der Waals surface area contributed by atoms with Crippen molar-refractivity contribution in [1.82, 2.24) is 4.72 Å². The van der Waals surface area contributed by atoms with Crippen LogP contribution in [0, 0.1) is 12.8 Å². The zero-order valence-corrected chi connectivity index (χ0v) is 17.7. The number of rotatable bonds is 7. The van der Waals surface area contributed by atoms with Gasteiger partial charge in [-0.2, -0.15) is 0 Å². The number of sulfonamides is 1. The maximum Gasteiger partial charge on any atom is 0.240 e. The first-order chi connectivity index (χ1) is 14.3. The molecule has 2 aliphatic rings. The van der Waals surface area contributed by atoms with E-state index in [2.05, 4.69) is 10.0 Å². The summed E-state index contributed by atoms with van der Waals surface area (Å²) in [6, 6.07) is 12.3. The molecule has 2 aromatic carbocycles. The zero-order chi connectivity index (χ0) is 21.3. The molecular formula is C22H25N3O4S. The van der Waals surface area contributed by atoms with Gasteiger partial charge in [0.2, 0.25) is 21.8 Å². The molecule has 0 radical (unpaired) electrons. The standard InChI is InChI=1S/C22H25N3O4S/c1-15-3-2-4-18(13-15)24-21(26)9-11-23-30(28,29)19-7-8-20-17(14-19)10-12-25(20)22(27)16-5-6-16/h2-4,7-8,13-14,16,23H,5-6,9-12H2,1H3,(H,24,26). The summed E-state index contributed by atoms with van der Waals surface area (Å²) < 4.78 is 27.7. The molecule has 30 heavy (non-hydrogen) atoms. The van der Waals surface area contributed by atoms with E-state index in [1.165, 1.54) is 6.07 Å². The van der Waals surface area contributed by atoms with Crippen LogP contribution in [0.1, 0.15) is 30.4 Å². The average Bonchev–Trinajstić information content (AvgIpc) is 3.46. The largest absolute Gasteiger partial charge is 0.326 e. The van der Waals surface area contributed by atoms with Crippen molar-refractivity contribution in [3.8, 4) is 0 Å². The summed E-state index contributed by atoms with van der Waals surface area (Å²) in [5.41, 5.74) is 3.39. The first-order valence-electron chi connectivity index (χ1n) is 10.1. The summed E-state index contributed by atoms with van der Waals surface area (Å²) in [5, 5.41) is 2.76. The molecule has 1 fully saturated rings. The van der Waals surface area contributed by atoms with Gasteiger partial charge >= 0.3 is 0 Å². The van der Waals surface area contributed by atoms with E-state index in [4.69, 9.17) is 0 Å².